The van der Waals surface area contributed by atoms with Crippen LogP contribution in [0.1, 0.15) is 5.56 Å². The number of fused-ring (bicyclic) bond motifs is 2. The number of para-hydroxylation sites is 1. The Labute approximate surface area is 167 Å². The van der Waals surface area contributed by atoms with E-state index in [-0.39, 0.29) is 6.61 Å². The average molecular weight is 382 g/mol. The van der Waals surface area contributed by atoms with Crippen LogP contribution in [0.4, 0.5) is 0 Å². The van der Waals surface area contributed by atoms with Crippen molar-refractivity contribution in [3.05, 3.63) is 84.8 Å². The summed E-state index contributed by atoms with van der Waals surface area (Å²) >= 11 is 0. The van der Waals surface area contributed by atoms with Crippen molar-refractivity contribution >= 4 is 21.7 Å². The Morgan fingerprint density at radius 3 is 2.62 bits per heavy atom. The van der Waals surface area contributed by atoms with Crippen LogP contribution in [0, 0.1) is 0 Å². The lowest BCUT2D eigenvalue weighted by Crippen LogP contribution is -2.31. The zero-order valence-electron chi connectivity index (χ0n) is 15.8. The molecule has 0 aliphatic carbocycles. The lowest BCUT2D eigenvalue weighted by Gasteiger charge is -2.13. The Morgan fingerprint density at radius 2 is 1.86 bits per heavy atom. The molecular weight excluding hydrogens is 364 g/mol. The molecule has 0 fully saturated rings. The fraction of sp³-hybridized carbons (Fsp3) is 0.0833. The van der Waals surface area contributed by atoms with Gasteiger partial charge >= 0.3 is 5.82 Å². The summed E-state index contributed by atoms with van der Waals surface area (Å²) in [6, 6.07) is 19.4. The largest absolute Gasteiger partial charge is 0.851 e. The van der Waals surface area contributed by atoms with Crippen LogP contribution in [0.5, 0.6) is 5.75 Å². The molecule has 0 bridgehead atoms. The molecule has 142 valence electrons. The minimum atomic E-state index is -0.331. The lowest BCUT2D eigenvalue weighted by molar-refractivity contribution is -0.598. The van der Waals surface area contributed by atoms with Crippen molar-refractivity contribution < 1.29 is 18.8 Å². The zero-order chi connectivity index (χ0) is 19.8. The van der Waals surface area contributed by atoms with Crippen LogP contribution in [-0.4, -0.2) is 12.1 Å². The van der Waals surface area contributed by atoms with Gasteiger partial charge in [0, 0.05) is 10.8 Å². The number of nitrogens with zero attached hydrogens (tertiary/aromatic N) is 2. The third-order valence-corrected chi connectivity index (χ3v) is 5.03. The van der Waals surface area contributed by atoms with Crippen LogP contribution in [-0.2, 0) is 6.61 Å². The fourth-order valence-electron chi connectivity index (χ4n) is 3.67. The van der Waals surface area contributed by atoms with Gasteiger partial charge in [0.2, 0.25) is 0 Å². The maximum Gasteiger partial charge on any atom is 0.339 e. The summed E-state index contributed by atoms with van der Waals surface area (Å²) in [7, 11) is 1.61. The molecule has 3 aromatic heterocycles. The molecule has 2 aromatic carbocycles. The second kappa shape index (κ2) is 7.04. The molecule has 0 radical (unpaired) electrons. The van der Waals surface area contributed by atoms with Crippen molar-refractivity contribution in [1.82, 2.24) is 4.98 Å². The van der Waals surface area contributed by atoms with E-state index in [0.29, 0.717) is 17.1 Å². The Bertz CT molecular complexity index is 1290. The molecule has 3 heterocycles. The molecule has 0 saturated carbocycles. The molecule has 0 saturated heterocycles. The Balaban J connectivity index is 1.86. The Morgan fingerprint density at radius 1 is 1.03 bits per heavy atom. The van der Waals surface area contributed by atoms with E-state index in [4.69, 9.17) is 14.1 Å². The van der Waals surface area contributed by atoms with Gasteiger partial charge in [-0.1, -0.05) is 35.9 Å². The average Bonchev–Trinajstić information content (AvgIpc) is 3.22. The van der Waals surface area contributed by atoms with Gasteiger partial charge in [0.25, 0.3) is 0 Å². The molecule has 5 nitrogen and oxygen atoms in total. The van der Waals surface area contributed by atoms with Gasteiger partial charge in [0.15, 0.2) is 6.20 Å². The number of benzene rings is 2. The summed E-state index contributed by atoms with van der Waals surface area (Å²) in [5.41, 5.74) is 2.29. The highest BCUT2D eigenvalue weighted by molar-refractivity contribution is 6.03. The van der Waals surface area contributed by atoms with Crippen LogP contribution in [0.15, 0.2) is 83.7 Å². The number of furan rings is 1. The van der Waals surface area contributed by atoms with Crippen molar-refractivity contribution in [2.24, 2.45) is 0 Å². The highest BCUT2D eigenvalue weighted by Gasteiger charge is 2.23. The van der Waals surface area contributed by atoms with Crippen LogP contribution < -0.4 is 14.4 Å². The van der Waals surface area contributed by atoms with Crippen molar-refractivity contribution in [2.45, 2.75) is 6.61 Å². The second-order valence-electron chi connectivity index (χ2n) is 6.79. The minimum Gasteiger partial charge on any atom is -0.851 e. The highest BCUT2D eigenvalue weighted by Crippen LogP contribution is 2.38. The summed E-state index contributed by atoms with van der Waals surface area (Å²) in [4.78, 5) is 4.73. The number of hydrogen-bond acceptors (Lipinski definition) is 4. The monoisotopic (exact) mass is 382 g/mol. The van der Waals surface area contributed by atoms with Gasteiger partial charge in [0.05, 0.1) is 25.1 Å². The molecule has 0 unspecified atom stereocenters. The Hall–Kier alpha value is -3.70. The van der Waals surface area contributed by atoms with Crippen molar-refractivity contribution in [3.8, 4) is 22.9 Å². The molecule has 0 amide bonds. The molecule has 5 aromatic rings. The van der Waals surface area contributed by atoms with Crippen LogP contribution >= 0.6 is 0 Å². The van der Waals surface area contributed by atoms with Gasteiger partial charge in [-0.15, -0.1) is 6.61 Å². The summed E-state index contributed by atoms with van der Waals surface area (Å²) in [6.07, 6.45) is 5.66. The molecular formula is C24H18N2O3. The van der Waals surface area contributed by atoms with E-state index in [9.17, 15) is 5.11 Å². The molecule has 0 aliphatic heterocycles. The topological polar surface area (TPSA) is 62.2 Å². The zero-order valence-corrected chi connectivity index (χ0v) is 15.8. The molecule has 0 spiro atoms. The number of rotatable bonds is 4. The predicted molar refractivity (Wildman–Crippen MR) is 109 cm³/mol. The molecule has 29 heavy (non-hydrogen) atoms. The van der Waals surface area contributed by atoms with Gasteiger partial charge in [-0.2, -0.15) is 0 Å². The van der Waals surface area contributed by atoms with E-state index in [1.165, 1.54) is 0 Å². The summed E-state index contributed by atoms with van der Waals surface area (Å²) in [5, 5.41) is 14.4. The first-order valence-electron chi connectivity index (χ1n) is 9.32. The number of methoxy groups -OCH3 is 1. The number of pyridine rings is 2. The lowest BCUT2D eigenvalue weighted by atomic mass is 10.0. The van der Waals surface area contributed by atoms with E-state index in [1.54, 1.807) is 19.4 Å². The van der Waals surface area contributed by atoms with Crippen LogP contribution in [0.25, 0.3) is 38.9 Å². The minimum absolute atomic E-state index is 0.331. The summed E-state index contributed by atoms with van der Waals surface area (Å²) in [6.45, 7) is -0.331. The van der Waals surface area contributed by atoms with Crippen molar-refractivity contribution in [3.63, 3.8) is 0 Å². The van der Waals surface area contributed by atoms with E-state index in [2.05, 4.69) is 0 Å². The smallest absolute Gasteiger partial charge is 0.339 e. The van der Waals surface area contributed by atoms with E-state index >= 15 is 0 Å². The molecule has 0 aliphatic rings. The van der Waals surface area contributed by atoms with Gasteiger partial charge in [0.1, 0.15) is 22.5 Å². The number of aromatic nitrogens is 2. The maximum atomic E-state index is 11.7. The first kappa shape index (κ1) is 17.4. The third kappa shape index (κ3) is 2.92. The van der Waals surface area contributed by atoms with E-state index in [1.807, 2.05) is 71.6 Å². The summed E-state index contributed by atoms with van der Waals surface area (Å²) in [5.74, 6) is 2.05. The molecule has 0 N–H and O–H groups in total. The van der Waals surface area contributed by atoms with Gasteiger partial charge in [-0.3, -0.25) is 0 Å². The Kier molecular flexibility index (Phi) is 4.22. The quantitative estimate of drug-likeness (QED) is 0.444. The molecule has 5 rings (SSSR count). The van der Waals surface area contributed by atoms with Crippen molar-refractivity contribution in [1.29, 1.82) is 0 Å². The first-order valence-corrected chi connectivity index (χ1v) is 9.32. The second-order valence-corrected chi connectivity index (χ2v) is 6.79. The first-order chi connectivity index (χ1) is 14.3. The molecule has 0 atom stereocenters. The summed E-state index contributed by atoms with van der Waals surface area (Å²) < 4.78 is 13.7. The number of hydrogen-bond donors (Lipinski definition) is 0. The standard InChI is InChI=1S/C24H18N2O3/c1-28-22-12-16(15-27)11-18-19(21-13-17-7-3-4-8-20(17)29-21)14-25-24(23(18)22)26-9-5-2-6-10-26/h2-14H,15H2,1H3. The molecule has 5 heteroatoms. The maximum absolute atomic E-state index is 11.7. The van der Waals surface area contributed by atoms with Gasteiger partial charge in [-0.25, -0.2) is 4.57 Å². The van der Waals surface area contributed by atoms with Gasteiger partial charge in [-0.05, 0) is 35.3 Å². The van der Waals surface area contributed by atoms with Crippen LogP contribution in [0.3, 0.4) is 0 Å². The predicted octanol–water partition coefficient (Wildman–Crippen LogP) is 3.79. The normalized spacial score (nSPS) is 11.2. The van der Waals surface area contributed by atoms with Crippen LogP contribution in [0.2, 0.25) is 0 Å². The van der Waals surface area contributed by atoms with E-state index in [0.717, 1.165) is 33.1 Å². The fourth-order valence-corrected chi connectivity index (χ4v) is 3.67. The third-order valence-electron chi connectivity index (χ3n) is 5.03. The highest BCUT2D eigenvalue weighted by atomic mass is 16.5. The van der Waals surface area contributed by atoms with Gasteiger partial charge < -0.3 is 14.3 Å². The number of ether oxygens (including phenoxy) is 1. The SMILES string of the molecule is COc1cc(C[O-])cc2c(-c3cc4ccccc4o3)cnc(-[n+]3ccccc3)c12. The van der Waals surface area contributed by atoms with Crippen molar-refractivity contribution in [2.75, 3.05) is 7.11 Å². The van der Waals surface area contributed by atoms with E-state index < -0.39 is 0 Å².